The van der Waals surface area contributed by atoms with Gasteiger partial charge >= 0.3 is 6.18 Å². The number of hydrogen-bond acceptors (Lipinski definition) is 1. The molecule has 0 aliphatic rings. The van der Waals surface area contributed by atoms with Crippen molar-refractivity contribution in [2.24, 2.45) is 5.11 Å². The molecule has 0 unspecified atom stereocenters. The van der Waals surface area contributed by atoms with Crippen LogP contribution in [0.3, 0.4) is 0 Å². The molecule has 16 heavy (non-hydrogen) atoms. The van der Waals surface area contributed by atoms with E-state index in [0.29, 0.717) is 5.56 Å². The number of rotatable bonds is 2. The summed E-state index contributed by atoms with van der Waals surface area (Å²) in [7, 11) is 0. The molecule has 0 bridgehead atoms. The Hall–Kier alpha value is -1.39. The van der Waals surface area contributed by atoms with Gasteiger partial charge in [-0.3, -0.25) is 0 Å². The normalized spacial score (nSPS) is 11.1. The van der Waals surface area contributed by atoms with Crippen LogP contribution in [0.1, 0.15) is 16.7 Å². The van der Waals surface area contributed by atoms with Crippen LogP contribution in [0, 0.1) is 6.92 Å². The van der Waals surface area contributed by atoms with E-state index >= 15 is 0 Å². The minimum atomic E-state index is -4.47. The molecule has 7 heteroatoms. The van der Waals surface area contributed by atoms with Crippen molar-refractivity contribution in [3.8, 4) is 0 Å². The topological polar surface area (TPSA) is 48.8 Å². The first kappa shape index (κ1) is 12.7. The van der Waals surface area contributed by atoms with Gasteiger partial charge in [-0.25, -0.2) is 0 Å². The van der Waals surface area contributed by atoms with Gasteiger partial charge < -0.3 is 0 Å². The van der Waals surface area contributed by atoms with Crippen molar-refractivity contribution in [2.45, 2.75) is 19.6 Å². The molecule has 1 aromatic carbocycles. The van der Waals surface area contributed by atoms with Crippen LogP contribution in [0.4, 0.5) is 13.2 Å². The summed E-state index contributed by atoms with van der Waals surface area (Å²) >= 11 is 5.54. The number of azide groups is 1. The standard InChI is InChI=1S/C9H7ClF3N3/c1-5-2-6(4-15-16-14)3-7(10)8(5)9(11,12)13/h2-3H,4H2,1H3. The fourth-order valence-electron chi connectivity index (χ4n) is 1.38. The summed E-state index contributed by atoms with van der Waals surface area (Å²) in [6.45, 7) is 1.30. The van der Waals surface area contributed by atoms with E-state index < -0.39 is 11.7 Å². The van der Waals surface area contributed by atoms with Crippen molar-refractivity contribution in [3.63, 3.8) is 0 Å². The molecule has 86 valence electrons. The maximum Gasteiger partial charge on any atom is 0.418 e. The first-order valence-corrected chi connectivity index (χ1v) is 4.61. The lowest BCUT2D eigenvalue weighted by molar-refractivity contribution is -0.137. The average molecular weight is 250 g/mol. The highest BCUT2D eigenvalue weighted by atomic mass is 35.5. The summed E-state index contributed by atoms with van der Waals surface area (Å²) in [5.74, 6) is 0. The van der Waals surface area contributed by atoms with Gasteiger partial charge in [0.1, 0.15) is 0 Å². The molecule has 0 heterocycles. The van der Waals surface area contributed by atoms with E-state index in [4.69, 9.17) is 17.1 Å². The highest BCUT2D eigenvalue weighted by Crippen LogP contribution is 2.37. The van der Waals surface area contributed by atoms with Gasteiger partial charge in [-0.15, -0.1) is 0 Å². The SMILES string of the molecule is Cc1cc(CN=[N+]=[N-])cc(Cl)c1C(F)(F)F. The van der Waals surface area contributed by atoms with E-state index in [9.17, 15) is 13.2 Å². The van der Waals surface area contributed by atoms with Gasteiger partial charge in [0.05, 0.1) is 17.1 Å². The monoisotopic (exact) mass is 249 g/mol. The van der Waals surface area contributed by atoms with Crippen LogP contribution in [0.5, 0.6) is 0 Å². The van der Waals surface area contributed by atoms with Gasteiger partial charge in [0, 0.05) is 4.91 Å². The fraction of sp³-hybridized carbons (Fsp3) is 0.333. The second kappa shape index (κ2) is 4.63. The van der Waals surface area contributed by atoms with Gasteiger partial charge in [0.2, 0.25) is 0 Å². The Balaban J connectivity index is 3.22. The lowest BCUT2D eigenvalue weighted by atomic mass is 10.0. The van der Waals surface area contributed by atoms with Gasteiger partial charge in [-0.05, 0) is 29.6 Å². The Bertz CT molecular complexity index is 427. The largest absolute Gasteiger partial charge is 0.418 e. The Kier molecular flexibility index (Phi) is 3.67. The van der Waals surface area contributed by atoms with E-state index in [1.807, 2.05) is 0 Å². The highest BCUT2D eigenvalue weighted by molar-refractivity contribution is 6.31. The lowest BCUT2D eigenvalue weighted by Crippen LogP contribution is -2.09. The third kappa shape index (κ3) is 2.81. The number of benzene rings is 1. The lowest BCUT2D eigenvalue weighted by Gasteiger charge is -2.13. The minimum absolute atomic E-state index is 0.0168. The number of alkyl halides is 3. The number of halogens is 4. The van der Waals surface area contributed by atoms with E-state index in [2.05, 4.69) is 10.0 Å². The molecular formula is C9H7ClF3N3. The fourth-order valence-corrected chi connectivity index (χ4v) is 1.78. The van der Waals surface area contributed by atoms with E-state index in [-0.39, 0.29) is 17.1 Å². The maximum atomic E-state index is 12.5. The zero-order valence-electron chi connectivity index (χ0n) is 8.22. The molecule has 0 aliphatic heterocycles. The minimum Gasteiger partial charge on any atom is -0.166 e. The van der Waals surface area contributed by atoms with Gasteiger partial charge in [-0.1, -0.05) is 22.8 Å². The van der Waals surface area contributed by atoms with Crippen LogP contribution in [-0.2, 0) is 12.7 Å². The molecule has 3 nitrogen and oxygen atoms in total. The van der Waals surface area contributed by atoms with Gasteiger partial charge in [0.15, 0.2) is 0 Å². The average Bonchev–Trinajstić information content (AvgIpc) is 2.11. The zero-order valence-corrected chi connectivity index (χ0v) is 8.97. The summed E-state index contributed by atoms with van der Waals surface area (Å²) in [5, 5.41) is 2.88. The Morgan fingerprint density at radius 1 is 1.44 bits per heavy atom. The molecule has 0 atom stereocenters. The second-order valence-corrected chi connectivity index (χ2v) is 3.56. The third-order valence-corrected chi connectivity index (χ3v) is 2.25. The molecule has 0 aromatic heterocycles. The van der Waals surface area contributed by atoms with E-state index in [1.54, 1.807) is 0 Å². The van der Waals surface area contributed by atoms with Crippen molar-refractivity contribution in [2.75, 3.05) is 0 Å². The quantitative estimate of drug-likeness (QED) is 0.422. The first-order chi connectivity index (χ1) is 7.36. The van der Waals surface area contributed by atoms with Crippen molar-refractivity contribution in [1.82, 2.24) is 0 Å². The molecule has 1 rings (SSSR count). The third-order valence-electron chi connectivity index (χ3n) is 1.95. The van der Waals surface area contributed by atoms with Crippen LogP contribution in [0.25, 0.3) is 10.4 Å². The molecule has 0 saturated heterocycles. The summed E-state index contributed by atoms with van der Waals surface area (Å²) < 4.78 is 37.6. The number of aryl methyl sites for hydroxylation is 1. The molecule has 0 fully saturated rings. The summed E-state index contributed by atoms with van der Waals surface area (Å²) in [5.41, 5.74) is 7.72. The predicted octanol–water partition coefficient (Wildman–Crippen LogP) is 4.48. The molecular weight excluding hydrogens is 243 g/mol. The Morgan fingerprint density at radius 3 is 2.50 bits per heavy atom. The summed E-state index contributed by atoms with van der Waals surface area (Å²) in [6.07, 6.45) is -4.47. The maximum absolute atomic E-state index is 12.5. The first-order valence-electron chi connectivity index (χ1n) is 4.23. The van der Waals surface area contributed by atoms with Crippen molar-refractivity contribution < 1.29 is 13.2 Å². The molecule has 0 N–H and O–H groups in total. The van der Waals surface area contributed by atoms with Crippen molar-refractivity contribution in [1.29, 1.82) is 0 Å². The smallest absolute Gasteiger partial charge is 0.166 e. The van der Waals surface area contributed by atoms with Crippen LogP contribution in [-0.4, -0.2) is 0 Å². The summed E-state index contributed by atoms with van der Waals surface area (Å²) in [4.78, 5) is 2.52. The van der Waals surface area contributed by atoms with E-state index in [0.717, 1.165) is 6.07 Å². The highest BCUT2D eigenvalue weighted by Gasteiger charge is 2.35. The van der Waals surface area contributed by atoms with Crippen molar-refractivity contribution >= 4 is 11.6 Å². The van der Waals surface area contributed by atoms with Crippen LogP contribution >= 0.6 is 11.6 Å². The van der Waals surface area contributed by atoms with Gasteiger partial charge in [0.25, 0.3) is 0 Å². The van der Waals surface area contributed by atoms with Crippen LogP contribution in [0.15, 0.2) is 17.2 Å². The van der Waals surface area contributed by atoms with Crippen LogP contribution in [0.2, 0.25) is 5.02 Å². The van der Waals surface area contributed by atoms with Crippen molar-refractivity contribution in [3.05, 3.63) is 44.3 Å². The number of hydrogen-bond donors (Lipinski definition) is 0. The van der Waals surface area contributed by atoms with Gasteiger partial charge in [-0.2, -0.15) is 13.2 Å². The molecule has 0 amide bonds. The molecule has 0 saturated carbocycles. The van der Waals surface area contributed by atoms with E-state index in [1.165, 1.54) is 13.0 Å². The molecule has 0 spiro atoms. The Morgan fingerprint density at radius 2 is 2.06 bits per heavy atom. The Labute approximate surface area is 94.5 Å². The molecule has 0 aliphatic carbocycles. The molecule has 1 aromatic rings. The predicted molar refractivity (Wildman–Crippen MR) is 54.0 cm³/mol. The summed E-state index contributed by atoms with van der Waals surface area (Å²) in [6, 6.07) is 2.47. The second-order valence-electron chi connectivity index (χ2n) is 3.16. The molecule has 0 radical (unpaired) electrons. The number of nitrogens with zero attached hydrogens (tertiary/aromatic N) is 3. The zero-order chi connectivity index (χ0) is 12.3. The van der Waals surface area contributed by atoms with Crippen LogP contribution < -0.4 is 0 Å².